The molecule has 18 heavy (non-hydrogen) atoms. The van der Waals surface area contributed by atoms with Crippen molar-refractivity contribution in [3.63, 3.8) is 0 Å². The van der Waals surface area contributed by atoms with Gasteiger partial charge >= 0.3 is 5.97 Å². The molecule has 106 valence electrons. The maximum atomic E-state index is 11.7. The second-order valence-corrected chi connectivity index (χ2v) is 5.57. The number of carbonyl (C=O) groups excluding carboxylic acids is 1. The fourth-order valence-electron chi connectivity index (χ4n) is 2.70. The minimum Gasteiger partial charge on any atom is -0.468 e. The van der Waals surface area contributed by atoms with Gasteiger partial charge in [0.05, 0.1) is 7.11 Å². The van der Waals surface area contributed by atoms with Crippen LogP contribution >= 0.6 is 0 Å². The fraction of sp³-hybridized carbons (Fsp3) is 0.929. The smallest absolute Gasteiger partial charge is 0.325 e. The number of nitrogens with one attached hydrogen (secondary N) is 1. The van der Waals surface area contributed by atoms with E-state index in [9.17, 15) is 4.79 Å². The topological polar surface area (TPSA) is 41.6 Å². The summed E-state index contributed by atoms with van der Waals surface area (Å²) in [7, 11) is 3.27. The fourth-order valence-corrected chi connectivity index (χ4v) is 2.70. The van der Waals surface area contributed by atoms with E-state index in [2.05, 4.69) is 17.1 Å². The molecule has 1 aliphatic rings. The van der Waals surface area contributed by atoms with Gasteiger partial charge in [-0.25, -0.2) is 0 Å². The van der Waals surface area contributed by atoms with Crippen LogP contribution in [0, 0.1) is 5.92 Å². The lowest BCUT2D eigenvalue weighted by Crippen LogP contribution is -2.50. The Bertz CT molecular complexity index is 271. The monoisotopic (exact) mass is 256 g/mol. The van der Waals surface area contributed by atoms with Gasteiger partial charge in [0.1, 0.15) is 5.54 Å². The van der Waals surface area contributed by atoms with E-state index < -0.39 is 5.54 Å². The number of hydrogen-bond acceptors (Lipinski definition) is 4. The van der Waals surface area contributed by atoms with E-state index in [-0.39, 0.29) is 5.97 Å². The standard InChI is InChI=1S/C14H28N2O2/c1-5-6-12-7-9-16(11-12)10-8-14(2,15-3)13(17)18-4/h12,15H,5-11H2,1-4H3. The Hall–Kier alpha value is -0.610. The van der Waals surface area contributed by atoms with Gasteiger partial charge in [0.2, 0.25) is 0 Å². The van der Waals surface area contributed by atoms with Crippen molar-refractivity contribution < 1.29 is 9.53 Å². The number of methoxy groups -OCH3 is 1. The maximum Gasteiger partial charge on any atom is 0.325 e. The number of esters is 1. The zero-order valence-corrected chi connectivity index (χ0v) is 12.3. The van der Waals surface area contributed by atoms with Crippen LogP contribution in [0.1, 0.15) is 39.5 Å². The Morgan fingerprint density at radius 3 is 2.83 bits per heavy atom. The van der Waals surface area contributed by atoms with E-state index >= 15 is 0 Å². The highest BCUT2D eigenvalue weighted by Gasteiger charge is 2.33. The van der Waals surface area contributed by atoms with Crippen molar-refractivity contribution in [3.05, 3.63) is 0 Å². The van der Waals surface area contributed by atoms with Crippen LogP contribution in [-0.4, -0.2) is 50.2 Å². The first-order chi connectivity index (χ1) is 8.55. The zero-order valence-electron chi connectivity index (χ0n) is 12.3. The predicted octanol–water partition coefficient (Wildman–Crippen LogP) is 1.65. The van der Waals surface area contributed by atoms with Crippen LogP contribution in [0.25, 0.3) is 0 Å². The Morgan fingerprint density at radius 2 is 2.28 bits per heavy atom. The predicted molar refractivity (Wildman–Crippen MR) is 73.6 cm³/mol. The van der Waals surface area contributed by atoms with Crippen molar-refractivity contribution in [2.24, 2.45) is 5.92 Å². The van der Waals surface area contributed by atoms with Crippen LogP contribution in [0.15, 0.2) is 0 Å². The number of likely N-dealkylation sites (tertiary alicyclic amines) is 1. The van der Waals surface area contributed by atoms with Gasteiger partial charge in [-0.3, -0.25) is 4.79 Å². The van der Waals surface area contributed by atoms with Crippen LogP contribution in [0.3, 0.4) is 0 Å². The molecule has 2 atom stereocenters. The van der Waals surface area contributed by atoms with Gasteiger partial charge < -0.3 is 15.0 Å². The molecule has 1 N–H and O–H groups in total. The van der Waals surface area contributed by atoms with Crippen molar-refractivity contribution in [2.45, 2.75) is 45.1 Å². The number of rotatable bonds is 7. The molecule has 2 unspecified atom stereocenters. The number of nitrogens with zero attached hydrogens (tertiary/aromatic N) is 1. The lowest BCUT2D eigenvalue weighted by molar-refractivity contribution is -0.148. The minimum atomic E-state index is -0.558. The summed E-state index contributed by atoms with van der Waals surface area (Å²) in [6, 6.07) is 0. The SMILES string of the molecule is CCCC1CCN(CCC(C)(NC)C(=O)OC)C1. The molecule has 1 rings (SSSR count). The molecule has 4 heteroatoms. The van der Waals surface area contributed by atoms with Gasteiger partial charge in [-0.05, 0) is 45.7 Å². The molecule has 0 radical (unpaired) electrons. The van der Waals surface area contributed by atoms with E-state index in [1.807, 2.05) is 14.0 Å². The maximum absolute atomic E-state index is 11.7. The van der Waals surface area contributed by atoms with Gasteiger partial charge in [0.25, 0.3) is 0 Å². The molecule has 1 heterocycles. The van der Waals surface area contributed by atoms with Crippen molar-refractivity contribution >= 4 is 5.97 Å². The van der Waals surface area contributed by atoms with Gasteiger partial charge in [-0.1, -0.05) is 13.3 Å². The Morgan fingerprint density at radius 1 is 1.56 bits per heavy atom. The van der Waals surface area contributed by atoms with Crippen molar-refractivity contribution in [1.29, 1.82) is 0 Å². The third-order valence-corrected chi connectivity index (χ3v) is 4.18. The molecule has 1 saturated heterocycles. The van der Waals surface area contributed by atoms with Crippen molar-refractivity contribution in [2.75, 3.05) is 33.8 Å². The first-order valence-corrected chi connectivity index (χ1v) is 7.05. The first-order valence-electron chi connectivity index (χ1n) is 7.05. The second kappa shape index (κ2) is 7.10. The lowest BCUT2D eigenvalue weighted by Gasteiger charge is -2.28. The van der Waals surface area contributed by atoms with Crippen LogP contribution in [-0.2, 0) is 9.53 Å². The molecule has 0 saturated carbocycles. The molecule has 0 aromatic heterocycles. The summed E-state index contributed by atoms with van der Waals surface area (Å²) in [6.45, 7) is 7.49. The molecular formula is C14H28N2O2. The van der Waals surface area contributed by atoms with Gasteiger partial charge in [-0.2, -0.15) is 0 Å². The quantitative estimate of drug-likeness (QED) is 0.703. The minimum absolute atomic E-state index is 0.172. The number of carbonyl (C=O) groups is 1. The van der Waals surface area contributed by atoms with E-state index in [1.54, 1.807) is 0 Å². The van der Waals surface area contributed by atoms with E-state index in [4.69, 9.17) is 4.74 Å². The van der Waals surface area contributed by atoms with Crippen LogP contribution in [0.2, 0.25) is 0 Å². The average molecular weight is 256 g/mol. The van der Waals surface area contributed by atoms with Crippen LogP contribution in [0.4, 0.5) is 0 Å². The molecule has 4 nitrogen and oxygen atoms in total. The highest BCUT2D eigenvalue weighted by Crippen LogP contribution is 2.22. The number of likely N-dealkylation sites (N-methyl/N-ethyl adjacent to an activating group) is 1. The third kappa shape index (κ3) is 3.95. The molecule has 1 aliphatic heterocycles. The Labute approximate surface area is 111 Å². The van der Waals surface area contributed by atoms with Crippen LogP contribution in [0.5, 0.6) is 0 Å². The summed E-state index contributed by atoms with van der Waals surface area (Å²) in [5, 5.41) is 3.09. The molecule has 0 aliphatic carbocycles. The van der Waals surface area contributed by atoms with Crippen molar-refractivity contribution in [1.82, 2.24) is 10.2 Å². The van der Waals surface area contributed by atoms with E-state index in [1.165, 1.54) is 39.5 Å². The molecular weight excluding hydrogens is 228 g/mol. The summed E-state index contributed by atoms with van der Waals surface area (Å²) in [6.07, 6.45) is 4.71. The van der Waals surface area contributed by atoms with E-state index in [0.29, 0.717) is 0 Å². The lowest BCUT2D eigenvalue weighted by atomic mass is 9.98. The summed E-state index contributed by atoms with van der Waals surface area (Å²) in [5.41, 5.74) is -0.558. The average Bonchev–Trinajstić information content (AvgIpc) is 2.83. The second-order valence-electron chi connectivity index (χ2n) is 5.57. The van der Waals surface area contributed by atoms with Gasteiger partial charge in [0, 0.05) is 13.1 Å². The van der Waals surface area contributed by atoms with Gasteiger partial charge in [-0.15, -0.1) is 0 Å². The number of hydrogen-bond donors (Lipinski definition) is 1. The van der Waals surface area contributed by atoms with Crippen LogP contribution < -0.4 is 5.32 Å². The summed E-state index contributed by atoms with van der Waals surface area (Å²) in [5.74, 6) is 0.684. The summed E-state index contributed by atoms with van der Waals surface area (Å²) < 4.78 is 4.86. The molecule has 0 bridgehead atoms. The normalized spacial score (nSPS) is 23.9. The van der Waals surface area contributed by atoms with E-state index in [0.717, 1.165) is 18.9 Å². The highest BCUT2D eigenvalue weighted by molar-refractivity contribution is 5.80. The molecule has 1 fully saturated rings. The first kappa shape index (κ1) is 15.4. The Balaban J connectivity index is 2.38. The van der Waals surface area contributed by atoms with Gasteiger partial charge in [0.15, 0.2) is 0 Å². The zero-order chi connectivity index (χ0) is 13.6. The third-order valence-electron chi connectivity index (χ3n) is 4.18. The molecule has 0 amide bonds. The highest BCUT2D eigenvalue weighted by atomic mass is 16.5. The Kier molecular flexibility index (Phi) is 6.09. The molecule has 0 aromatic rings. The molecule has 0 aromatic carbocycles. The molecule has 0 spiro atoms. The summed E-state index contributed by atoms with van der Waals surface area (Å²) >= 11 is 0. The summed E-state index contributed by atoms with van der Waals surface area (Å²) in [4.78, 5) is 14.2. The largest absolute Gasteiger partial charge is 0.468 e. The number of ether oxygens (including phenoxy) is 1. The van der Waals surface area contributed by atoms with Crippen molar-refractivity contribution in [3.8, 4) is 0 Å².